The molecule has 2 atom stereocenters. The van der Waals surface area contributed by atoms with E-state index >= 15 is 0 Å². The fourth-order valence-corrected chi connectivity index (χ4v) is 3.18. The van der Waals surface area contributed by atoms with E-state index in [9.17, 15) is 9.90 Å². The second kappa shape index (κ2) is 8.21. The number of hydrogen-bond donors (Lipinski definition) is 2. The average Bonchev–Trinajstić information content (AvgIpc) is 3.15. The molecule has 1 aliphatic rings. The Hall–Kier alpha value is -2.57. The highest BCUT2D eigenvalue weighted by Gasteiger charge is 2.28. The Balaban J connectivity index is 1.62. The number of methoxy groups -OCH3 is 1. The number of carbonyl (C=O) groups excluding carboxylic acids is 1. The first-order valence-corrected chi connectivity index (χ1v) is 8.62. The molecule has 2 N–H and O–H groups in total. The summed E-state index contributed by atoms with van der Waals surface area (Å²) < 4.78 is 11.1. The highest BCUT2D eigenvalue weighted by molar-refractivity contribution is 5.75. The van der Waals surface area contributed by atoms with Crippen molar-refractivity contribution in [3.8, 4) is 11.5 Å². The molecule has 0 saturated carbocycles. The summed E-state index contributed by atoms with van der Waals surface area (Å²) in [6, 6.07) is 13.6. The summed E-state index contributed by atoms with van der Waals surface area (Å²) in [4.78, 5) is 12.9. The molecule has 1 unspecified atom stereocenters. The lowest BCUT2D eigenvalue weighted by Crippen LogP contribution is -2.32. The van der Waals surface area contributed by atoms with Crippen LogP contribution in [0.2, 0.25) is 0 Å². The van der Waals surface area contributed by atoms with Gasteiger partial charge in [0.1, 0.15) is 18.2 Å². The van der Waals surface area contributed by atoms with Crippen molar-refractivity contribution in [2.45, 2.75) is 25.5 Å². The molecule has 138 valence electrons. The Labute approximate surface area is 153 Å². The number of carbonyl (C=O) groups is 1. The number of phenols is 1. The van der Waals surface area contributed by atoms with Gasteiger partial charge in [0.05, 0.1) is 18.9 Å². The zero-order valence-corrected chi connectivity index (χ0v) is 15.0. The first kappa shape index (κ1) is 18.2. The van der Waals surface area contributed by atoms with Crippen LogP contribution in [-0.2, 0) is 16.0 Å². The molecule has 0 aliphatic carbocycles. The zero-order valence-electron chi connectivity index (χ0n) is 15.0. The van der Waals surface area contributed by atoms with Crippen LogP contribution in [0.15, 0.2) is 42.5 Å². The predicted molar refractivity (Wildman–Crippen MR) is 99.4 cm³/mol. The van der Waals surface area contributed by atoms with E-state index in [0.29, 0.717) is 24.9 Å². The van der Waals surface area contributed by atoms with Gasteiger partial charge in [-0.3, -0.25) is 9.69 Å². The second-order valence-corrected chi connectivity index (χ2v) is 6.50. The van der Waals surface area contributed by atoms with Gasteiger partial charge in [0.15, 0.2) is 0 Å². The molecule has 0 bridgehead atoms. The van der Waals surface area contributed by atoms with Crippen molar-refractivity contribution in [2.24, 2.45) is 0 Å². The summed E-state index contributed by atoms with van der Waals surface area (Å²) >= 11 is 0. The van der Waals surface area contributed by atoms with Crippen LogP contribution >= 0.6 is 0 Å². The van der Waals surface area contributed by atoms with Crippen molar-refractivity contribution in [3.05, 3.63) is 53.6 Å². The van der Waals surface area contributed by atoms with E-state index < -0.39 is 0 Å². The molecule has 2 aromatic rings. The molecule has 3 rings (SSSR count). The summed E-state index contributed by atoms with van der Waals surface area (Å²) in [5.41, 5.74) is 2.58. The summed E-state index contributed by atoms with van der Waals surface area (Å²) in [5, 5.41) is 12.3. The number of rotatable bonds is 7. The van der Waals surface area contributed by atoms with E-state index in [2.05, 4.69) is 29.3 Å². The van der Waals surface area contributed by atoms with Crippen LogP contribution in [-0.4, -0.2) is 42.8 Å². The molecule has 6 heteroatoms. The first-order valence-electron chi connectivity index (χ1n) is 8.62. The van der Waals surface area contributed by atoms with Gasteiger partial charge in [-0.15, -0.1) is 0 Å². The maximum absolute atomic E-state index is 10.6. The number of benzene rings is 2. The number of ether oxygens (including phenoxy) is 2. The monoisotopic (exact) mass is 356 g/mol. The number of anilines is 1. The van der Waals surface area contributed by atoms with Crippen LogP contribution in [0.5, 0.6) is 11.5 Å². The SMILES string of the molecule is COc1ccc(C[C@@H](C)N2COC(c3ccc(O)c(NC=O)c3)C2)cc1. The first-order chi connectivity index (χ1) is 12.6. The second-order valence-electron chi connectivity index (χ2n) is 6.50. The Bertz CT molecular complexity index is 748. The molecule has 1 fully saturated rings. The lowest BCUT2D eigenvalue weighted by molar-refractivity contribution is -0.105. The number of phenolic OH excluding ortho intramolecular Hbond substituents is 1. The van der Waals surface area contributed by atoms with Gasteiger partial charge in [0, 0.05) is 12.6 Å². The molecule has 1 saturated heterocycles. The summed E-state index contributed by atoms with van der Waals surface area (Å²) in [6.45, 7) is 3.51. The third kappa shape index (κ3) is 4.15. The fourth-order valence-electron chi connectivity index (χ4n) is 3.18. The topological polar surface area (TPSA) is 71.0 Å². The molecular formula is C20H24N2O4. The number of hydrogen-bond acceptors (Lipinski definition) is 5. The molecule has 0 aromatic heterocycles. The third-order valence-electron chi connectivity index (χ3n) is 4.76. The lowest BCUT2D eigenvalue weighted by Gasteiger charge is -2.22. The average molecular weight is 356 g/mol. The molecule has 0 radical (unpaired) electrons. The minimum absolute atomic E-state index is 0.0450. The van der Waals surface area contributed by atoms with Gasteiger partial charge in [-0.1, -0.05) is 18.2 Å². The Morgan fingerprint density at radius 3 is 2.81 bits per heavy atom. The van der Waals surface area contributed by atoms with Crippen LogP contribution in [0.25, 0.3) is 0 Å². The van der Waals surface area contributed by atoms with Crippen molar-refractivity contribution < 1.29 is 19.4 Å². The number of amides is 1. The van der Waals surface area contributed by atoms with Gasteiger partial charge >= 0.3 is 0 Å². The molecule has 1 amide bonds. The van der Waals surface area contributed by atoms with Gasteiger partial charge in [-0.2, -0.15) is 0 Å². The van der Waals surface area contributed by atoms with E-state index in [-0.39, 0.29) is 11.9 Å². The van der Waals surface area contributed by atoms with Crippen LogP contribution < -0.4 is 10.1 Å². The molecular weight excluding hydrogens is 332 g/mol. The van der Waals surface area contributed by atoms with Gasteiger partial charge in [-0.25, -0.2) is 0 Å². The minimum atomic E-state index is -0.0823. The standard InChI is InChI=1S/C20H24N2O4/c1-14(9-15-3-6-17(25-2)7-4-15)22-11-20(26-13-22)16-5-8-19(24)18(10-16)21-12-23/h3-8,10,12,14,20,24H,9,11,13H2,1-2H3,(H,21,23)/t14-,20?/m1/s1. The van der Waals surface area contributed by atoms with E-state index in [1.807, 2.05) is 18.2 Å². The molecule has 0 spiro atoms. The normalized spacial score (nSPS) is 18.5. The summed E-state index contributed by atoms with van der Waals surface area (Å²) in [7, 11) is 1.67. The number of aromatic hydroxyl groups is 1. The van der Waals surface area contributed by atoms with Crippen LogP contribution in [0.1, 0.15) is 24.2 Å². The molecule has 1 heterocycles. The maximum Gasteiger partial charge on any atom is 0.211 e. The van der Waals surface area contributed by atoms with Gasteiger partial charge < -0.3 is 19.9 Å². The van der Waals surface area contributed by atoms with Gasteiger partial charge in [0.2, 0.25) is 6.41 Å². The van der Waals surface area contributed by atoms with Crippen molar-refractivity contribution in [2.75, 3.05) is 25.7 Å². The van der Waals surface area contributed by atoms with Crippen LogP contribution in [0, 0.1) is 0 Å². The lowest BCUT2D eigenvalue weighted by atomic mass is 10.0. The predicted octanol–water partition coefficient (Wildman–Crippen LogP) is 2.93. The molecule has 26 heavy (non-hydrogen) atoms. The summed E-state index contributed by atoms with van der Waals surface area (Å²) in [6.07, 6.45) is 1.40. The van der Waals surface area contributed by atoms with Crippen molar-refractivity contribution in [3.63, 3.8) is 0 Å². The third-order valence-corrected chi connectivity index (χ3v) is 4.76. The molecule has 1 aliphatic heterocycles. The van der Waals surface area contributed by atoms with Crippen LogP contribution in [0.3, 0.4) is 0 Å². The highest BCUT2D eigenvalue weighted by Crippen LogP contribution is 2.32. The van der Waals surface area contributed by atoms with E-state index in [0.717, 1.165) is 24.3 Å². The summed E-state index contributed by atoms with van der Waals surface area (Å²) in [5.74, 6) is 0.904. The molecule has 2 aromatic carbocycles. The van der Waals surface area contributed by atoms with Crippen LogP contribution in [0.4, 0.5) is 5.69 Å². The van der Waals surface area contributed by atoms with Crippen molar-refractivity contribution in [1.82, 2.24) is 4.90 Å². The maximum atomic E-state index is 10.6. The number of nitrogens with zero attached hydrogens (tertiary/aromatic N) is 1. The van der Waals surface area contributed by atoms with Crippen molar-refractivity contribution >= 4 is 12.1 Å². The van der Waals surface area contributed by atoms with Gasteiger partial charge in [0.25, 0.3) is 0 Å². The fraction of sp³-hybridized carbons (Fsp3) is 0.350. The highest BCUT2D eigenvalue weighted by atomic mass is 16.5. The Kier molecular flexibility index (Phi) is 5.75. The number of nitrogens with one attached hydrogen (secondary N) is 1. The van der Waals surface area contributed by atoms with E-state index in [1.165, 1.54) is 5.56 Å². The molecule has 6 nitrogen and oxygen atoms in total. The zero-order chi connectivity index (χ0) is 18.5. The van der Waals surface area contributed by atoms with E-state index in [4.69, 9.17) is 9.47 Å². The minimum Gasteiger partial charge on any atom is -0.506 e. The quantitative estimate of drug-likeness (QED) is 0.590. The van der Waals surface area contributed by atoms with E-state index in [1.54, 1.807) is 19.2 Å². The largest absolute Gasteiger partial charge is 0.506 e. The van der Waals surface area contributed by atoms with Crippen molar-refractivity contribution in [1.29, 1.82) is 0 Å². The van der Waals surface area contributed by atoms with Gasteiger partial charge in [-0.05, 0) is 48.7 Å². The Morgan fingerprint density at radius 1 is 1.35 bits per heavy atom. The Morgan fingerprint density at radius 2 is 2.12 bits per heavy atom. The smallest absolute Gasteiger partial charge is 0.211 e.